The zero-order valence-electron chi connectivity index (χ0n) is 14.5. The van der Waals surface area contributed by atoms with Crippen molar-refractivity contribution in [3.05, 3.63) is 65.5 Å². The van der Waals surface area contributed by atoms with Crippen molar-refractivity contribution < 1.29 is 9.32 Å². The van der Waals surface area contributed by atoms with Gasteiger partial charge in [0.15, 0.2) is 5.69 Å². The number of carbonyl (C=O) groups is 1. The maximum absolute atomic E-state index is 12.5. The Labute approximate surface area is 141 Å². The van der Waals surface area contributed by atoms with Gasteiger partial charge in [0.2, 0.25) is 0 Å². The van der Waals surface area contributed by atoms with E-state index in [1.165, 1.54) is 0 Å². The van der Waals surface area contributed by atoms with Crippen LogP contribution in [0.25, 0.3) is 10.8 Å². The molecular formula is C20H22N2O2. The molecule has 0 saturated heterocycles. The van der Waals surface area contributed by atoms with Crippen LogP contribution in [-0.4, -0.2) is 11.1 Å². The first-order valence-electron chi connectivity index (χ1n) is 8.12. The molecule has 0 aliphatic carbocycles. The highest BCUT2D eigenvalue weighted by molar-refractivity contribution is 5.93. The van der Waals surface area contributed by atoms with E-state index in [4.69, 9.17) is 4.52 Å². The standard InChI is InChI=1S/C20H22N2O2/c1-13(15-11-7-9-14-8-5-6-10-16(14)15)21-19(23)17-12-18(24-22-17)20(2,3)4/h5-13H,1-4H3,(H,21,23)/t13-/m0/s1. The topological polar surface area (TPSA) is 55.1 Å². The van der Waals surface area contributed by atoms with Crippen molar-refractivity contribution in [1.82, 2.24) is 10.5 Å². The average Bonchev–Trinajstić information content (AvgIpc) is 3.04. The molecule has 4 heteroatoms. The summed E-state index contributed by atoms with van der Waals surface area (Å²) < 4.78 is 5.30. The minimum Gasteiger partial charge on any atom is -0.360 e. The van der Waals surface area contributed by atoms with E-state index in [2.05, 4.69) is 28.7 Å². The summed E-state index contributed by atoms with van der Waals surface area (Å²) in [5, 5.41) is 9.21. The summed E-state index contributed by atoms with van der Waals surface area (Å²) in [5.74, 6) is 0.472. The quantitative estimate of drug-likeness (QED) is 0.765. The van der Waals surface area contributed by atoms with Crippen molar-refractivity contribution in [3.63, 3.8) is 0 Å². The van der Waals surface area contributed by atoms with Gasteiger partial charge in [0.1, 0.15) is 5.76 Å². The highest BCUT2D eigenvalue weighted by Gasteiger charge is 2.23. The smallest absolute Gasteiger partial charge is 0.273 e. The van der Waals surface area contributed by atoms with E-state index in [9.17, 15) is 4.79 Å². The lowest BCUT2D eigenvalue weighted by molar-refractivity contribution is 0.0930. The number of hydrogen-bond donors (Lipinski definition) is 1. The Morgan fingerprint density at radius 1 is 1.12 bits per heavy atom. The third-order valence-corrected chi connectivity index (χ3v) is 4.12. The van der Waals surface area contributed by atoms with Gasteiger partial charge in [-0.3, -0.25) is 4.79 Å². The van der Waals surface area contributed by atoms with Crippen LogP contribution in [0, 0.1) is 0 Å². The first kappa shape index (κ1) is 16.2. The number of amides is 1. The molecule has 4 nitrogen and oxygen atoms in total. The van der Waals surface area contributed by atoms with Crippen LogP contribution in [0.15, 0.2) is 53.1 Å². The van der Waals surface area contributed by atoms with E-state index in [1.54, 1.807) is 6.07 Å². The SMILES string of the molecule is C[C@H](NC(=O)c1cc(C(C)(C)C)on1)c1cccc2ccccc12. The molecule has 0 spiro atoms. The molecule has 24 heavy (non-hydrogen) atoms. The normalized spacial score (nSPS) is 13.0. The van der Waals surface area contributed by atoms with Gasteiger partial charge in [0.25, 0.3) is 5.91 Å². The van der Waals surface area contributed by atoms with Gasteiger partial charge < -0.3 is 9.84 Å². The van der Waals surface area contributed by atoms with Crippen LogP contribution in [0.1, 0.15) is 55.5 Å². The highest BCUT2D eigenvalue weighted by atomic mass is 16.5. The summed E-state index contributed by atoms with van der Waals surface area (Å²) in [4.78, 5) is 12.5. The number of carbonyl (C=O) groups excluding carboxylic acids is 1. The highest BCUT2D eigenvalue weighted by Crippen LogP contribution is 2.25. The van der Waals surface area contributed by atoms with Gasteiger partial charge in [-0.25, -0.2) is 0 Å². The van der Waals surface area contributed by atoms with Crippen molar-refractivity contribution >= 4 is 16.7 Å². The molecule has 0 bridgehead atoms. The summed E-state index contributed by atoms with van der Waals surface area (Å²) in [6, 6.07) is 15.9. The molecule has 0 aliphatic heterocycles. The molecule has 0 fully saturated rings. The van der Waals surface area contributed by atoms with E-state index >= 15 is 0 Å². The van der Waals surface area contributed by atoms with Crippen LogP contribution in [0.4, 0.5) is 0 Å². The summed E-state index contributed by atoms with van der Waals surface area (Å²) in [6.45, 7) is 8.04. The van der Waals surface area contributed by atoms with Gasteiger partial charge >= 0.3 is 0 Å². The van der Waals surface area contributed by atoms with Gasteiger partial charge in [-0.2, -0.15) is 0 Å². The molecular weight excluding hydrogens is 300 g/mol. The van der Waals surface area contributed by atoms with E-state index in [-0.39, 0.29) is 17.4 Å². The first-order chi connectivity index (χ1) is 11.4. The summed E-state index contributed by atoms with van der Waals surface area (Å²) in [5.41, 5.74) is 1.22. The largest absolute Gasteiger partial charge is 0.360 e. The van der Waals surface area contributed by atoms with E-state index in [0.29, 0.717) is 11.5 Å². The Morgan fingerprint density at radius 2 is 1.83 bits per heavy atom. The van der Waals surface area contributed by atoms with E-state index < -0.39 is 0 Å². The molecule has 0 aliphatic rings. The van der Waals surface area contributed by atoms with E-state index in [0.717, 1.165) is 16.3 Å². The number of aromatic nitrogens is 1. The van der Waals surface area contributed by atoms with Crippen LogP contribution >= 0.6 is 0 Å². The Bertz CT molecular complexity index is 869. The van der Waals surface area contributed by atoms with Gasteiger partial charge in [0, 0.05) is 11.5 Å². The summed E-state index contributed by atoms with van der Waals surface area (Å²) >= 11 is 0. The monoisotopic (exact) mass is 322 g/mol. The van der Waals surface area contributed by atoms with Crippen LogP contribution < -0.4 is 5.32 Å². The van der Waals surface area contributed by atoms with Crippen LogP contribution in [-0.2, 0) is 5.41 Å². The lowest BCUT2D eigenvalue weighted by atomic mass is 9.93. The zero-order valence-corrected chi connectivity index (χ0v) is 14.5. The van der Waals surface area contributed by atoms with Gasteiger partial charge in [-0.15, -0.1) is 0 Å². The molecule has 0 radical (unpaired) electrons. The molecule has 1 amide bonds. The third kappa shape index (κ3) is 3.18. The number of fused-ring (bicyclic) bond motifs is 1. The van der Waals surface area contributed by atoms with Gasteiger partial charge in [-0.05, 0) is 23.3 Å². The minimum atomic E-state index is -0.227. The second kappa shape index (κ2) is 6.11. The number of nitrogens with zero attached hydrogens (tertiary/aromatic N) is 1. The Balaban J connectivity index is 1.82. The second-order valence-corrected chi connectivity index (χ2v) is 7.09. The first-order valence-corrected chi connectivity index (χ1v) is 8.12. The lowest BCUT2D eigenvalue weighted by Crippen LogP contribution is -2.27. The van der Waals surface area contributed by atoms with Crippen LogP contribution in [0.5, 0.6) is 0 Å². The van der Waals surface area contributed by atoms with Crippen molar-refractivity contribution in [3.8, 4) is 0 Å². The number of hydrogen-bond acceptors (Lipinski definition) is 3. The number of rotatable bonds is 3. The molecule has 1 N–H and O–H groups in total. The molecule has 1 aromatic heterocycles. The molecule has 3 aromatic rings. The fourth-order valence-corrected chi connectivity index (χ4v) is 2.71. The number of benzene rings is 2. The summed E-state index contributed by atoms with van der Waals surface area (Å²) in [7, 11) is 0. The Kier molecular flexibility index (Phi) is 4.14. The fourth-order valence-electron chi connectivity index (χ4n) is 2.71. The molecule has 2 aromatic carbocycles. The predicted molar refractivity (Wildman–Crippen MR) is 95.0 cm³/mol. The van der Waals surface area contributed by atoms with Gasteiger partial charge in [-0.1, -0.05) is 68.4 Å². The molecule has 0 unspecified atom stereocenters. The minimum absolute atomic E-state index is 0.126. The molecule has 124 valence electrons. The van der Waals surface area contributed by atoms with Crippen molar-refractivity contribution in [2.24, 2.45) is 0 Å². The maximum Gasteiger partial charge on any atom is 0.273 e. The van der Waals surface area contributed by atoms with Crippen molar-refractivity contribution in [2.45, 2.75) is 39.2 Å². The van der Waals surface area contributed by atoms with Gasteiger partial charge in [0.05, 0.1) is 6.04 Å². The number of nitrogens with one attached hydrogen (secondary N) is 1. The van der Waals surface area contributed by atoms with Crippen LogP contribution in [0.3, 0.4) is 0 Å². The third-order valence-electron chi connectivity index (χ3n) is 4.12. The predicted octanol–water partition coefficient (Wildman–Crippen LogP) is 4.62. The average molecular weight is 322 g/mol. The molecule has 1 heterocycles. The Morgan fingerprint density at radius 3 is 2.54 bits per heavy atom. The lowest BCUT2D eigenvalue weighted by Gasteiger charge is -2.16. The van der Waals surface area contributed by atoms with Crippen molar-refractivity contribution in [1.29, 1.82) is 0 Å². The maximum atomic E-state index is 12.5. The van der Waals surface area contributed by atoms with E-state index in [1.807, 2.05) is 52.0 Å². The zero-order chi connectivity index (χ0) is 17.3. The molecule has 1 atom stereocenters. The molecule has 3 rings (SSSR count). The van der Waals surface area contributed by atoms with Crippen LogP contribution in [0.2, 0.25) is 0 Å². The Hall–Kier alpha value is -2.62. The van der Waals surface area contributed by atoms with Crippen molar-refractivity contribution in [2.75, 3.05) is 0 Å². The fraction of sp³-hybridized carbons (Fsp3) is 0.300. The second-order valence-electron chi connectivity index (χ2n) is 7.09. The summed E-state index contributed by atoms with van der Waals surface area (Å²) in [6.07, 6.45) is 0. The molecule has 0 saturated carbocycles.